The normalized spacial score (nSPS) is 19.0. The van der Waals surface area contributed by atoms with Crippen LogP contribution in [0.2, 0.25) is 5.15 Å². The summed E-state index contributed by atoms with van der Waals surface area (Å²) >= 11 is 6.10. The van der Waals surface area contributed by atoms with E-state index >= 15 is 0 Å². The molecule has 1 aliphatic heterocycles. The van der Waals surface area contributed by atoms with Gasteiger partial charge in [0.05, 0.1) is 6.33 Å². The van der Waals surface area contributed by atoms with Crippen molar-refractivity contribution >= 4 is 92.0 Å². The number of benzene rings is 1. The minimum absolute atomic E-state index is 0. The molecule has 0 atom stereocenters. The van der Waals surface area contributed by atoms with E-state index in [1.54, 1.807) is 28.8 Å². The van der Waals surface area contributed by atoms with Gasteiger partial charge < -0.3 is 19.8 Å². The van der Waals surface area contributed by atoms with E-state index in [1.807, 2.05) is 6.07 Å². The number of carbonyl (C=O) groups excluding carboxylic acids is 2. The van der Waals surface area contributed by atoms with Gasteiger partial charge in [-0.15, -0.1) is 0 Å². The number of nitrogens with zero attached hydrogens (tertiary/aromatic N) is 4. The number of hydrogen-bond donors (Lipinski definition) is 1. The molecule has 0 saturated carbocycles. The Labute approximate surface area is 207 Å². The summed E-state index contributed by atoms with van der Waals surface area (Å²) in [7, 11) is 0. The van der Waals surface area contributed by atoms with Gasteiger partial charge in [-0.05, 0) is 6.42 Å². The summed E-state index contributed by atoms with van der Waals surface area (Å²) in [5.74, 6) is -2.27. The van der Waals surface area contributed by atoms with E-state index in [1.165, 1.54) is 6.33 Å². The van der Waals surface area contributed by atoms with E-state index in [0.717, 1.165) is 0 Å². The van der Waals surface area contributed by atoms with Gasteiger partial charge in [-0.25, -0.2) is 4.98 Å². The zero-order chi connectivity index (χ0) is 19.0. The first-order valence-electron chi connectivity index (χ1n) is 8.12. The second kappa shape index (κ2) is 8.85. The number of nitrogen functional groups attached to an aromatic ring is 1. The van der Waals surface area contributed by atoms with Crippen LogP contribution in [-0.2, 0) is 25.6 Å². The molecular weight excluding hydrogens is 413 g/mol. The van der Waals surface area contributed by atoms with Crippen LogP contribution in [0.15, 0.2) is 36.7 Å². The third-order valence-electron chi connectivity index (χ3n) is 4.19. The van der Waals surface area contributed by atoms with E-state index in [2.05, 4.69) is 15.0 Å². The molecule has 9 nitrogen and oxygen atoms in total. The summed E-state index contributed by atoms with van der Waals surface area (Å²) in [6, 6.07) is 8.79. The fourth-order valence-electron chi connectivity index (χ4n) is 2.87. The molecule has 0 aliphatic carbocycles. The van der Waals surface area contributed by atoms with Gasteiger partial charge in [0, 0.05) is 12.1 Å². The van der Waals surface area contributed by atoms with Gasteiger partial charge in [-0.1, -0.05) is 41.9 Å². The van der Waals surface area contributed by atoms with Crippen molar-refractivity contribution < 1.29 is 19.1 Å². The number of anilines is 1. The van der Waals surface area contributed by atoms with Crippen LogP contribution in [0.3, 0.4) is 0 Å². The van der Waals surface area contributed by atoms with Gasteiger partial charge in [-0.2, -0.15) is 9.97 Å². The second-order valence-corrected chi connectivity index (χ2v) is 6.30. The summed E-state index contributed by atoms with van der Waals surface area (Å²) in [5.41, 5.74) is 6.96. The first kappa shape index (κ1) is 21.2. The van der Waals surface area contributed by atoms with Crippen LogP contribution >= 0.6 is 11.6 Å². The maximum atomic E-state index is 12.3. The van der Waals surface area contributed by atoms with Crippen LogP contribution in [0.1, 0.15) is 18.3 Å². The first-order valence-corrected chi connectivity index (χ1v) is 8.50. The summed E-state index contributed by atoms with van der Waals surface area (Å²) in [4.78, 5) is 36.6. The van der Waals surface area contributed by atoms with Crippen LogP contribution in [0.5, 0.6) is 0 Å². The van der Waals surface area contributed by atoms with E-state index in [-0.39, 0.29) is 75.5 Å². The number of cyclic esters (lactones) is 2. The fourth-order valence-corrected chi connectivity index (χ4v) is 3.15. The molecule has 0 radical (unpaired) electrons. The fraction of sp³-hybridized carbons (Fsp3) is 0.235. The molecule has 140 valence electrons. The van der Waals surface area contributed by atoms with Crippen molar-refractivity contribution in [3.05, 3.63) is 47.4 Å². The van der Waals surface area contributed by atoms with Crippen molar-refractivity contribution in [1.82, 2.24) is 19.5 Å². The number of hydrogen-bond acceptors (Lipinski definition) is 8. The Morgan fingerprint density at radius 2 is 1.79 bits per heavy atom. The molecule has 0 spiro atoms. The third-order valence-corrected chi connectivity index (χ3v) is 4.46. The number of halogens is 1. The van der Waals surface area contributed by atoms with Crippen LogP contribution in [-0.4, -0.2) is 82.8 Å². The Bertz CT molecular complexity index is 1010. The summed E-state index contributed by atoms with van der Waals surface area (Å²) in [5, 5.41) is 0.146. The van der Waals surface area contributed by atoms with Crippen molar-refractivity contribution in [2.24, 2.45) is 5.92 Å². The molecule has 11 heteroatoms. The number of rotatable bonds is 4. The van der Waals surface area contributed by atoms with E-state index < -0.39 is 24.1 Å². The van der Waals surface area contributed by atoms with Gasteiger partial charge in [0.2, 0.25) is 5.95 Å². The third kappa shape index (κ3) is 4.21. The van der Waals surface area contributed by atoms with Crippen molar-refractivity contribution in [2.45, 2.75) is 19.3 Å². The van der Waals surface area contributed by atoms with Crippen LogP contribution in [0, 0.1) is 5.92 Å². The molecule has 1 aromatic carbocycles. The average molecular weight is 428 g/mol. The molecule has 28 heavy (non-hydrogen) atoms. The summed E-state index contributed by atoms with van der Waals surface area (Å²) in [6.07, 6.45) is 0.629. The SMILES string of the molecule is Nc1nc(Cl)c2c(ncn2CCC2C(=O)OC(c3ccccc3)OC2=O)n1.[KH]. The molecule has 1 aliphatic rings. The predicted octanol–water partition coefficient (Wildman–Crippen LogP) is 1.22. The van der Waals surface area contributed by atoms with Crippen molar-refractivity contribution in [3.8, 4) is 0 Å². The molecule has 0 bridgehead atoms. The number of ether oxygens (including phenoxy) is 2. The topological polar surface area (TPSA) is 122 Å². The monoisotopic (exact) mass is 427 g/mol. The van der Waals surface area contributed by atoms with Gasteiger partial charge >= 0.3 is 63.3 Å². The molecule has 3 heterocycles. The standard InChI is InChI=1S/C17H14ClN5O4.K.H/c18-12-11-13(22-17(19)21-12)20-8-23(11)7-6-10-14(24)26-16(27-15(10)25)9-4-2-1-3-5-9;;/h1-5,8,10,16H,6-7H2,(H2,19,21,22);;. The number of aryl methyl sites for hydroxylation is 1. The van der Waals surface area contributed by atoms with Gasteiger partial charge in [0.1, 0.15) is 5.52 Å². The Kier molecular flexibility index (Phi) is 6.68. The maximum absolute atomic E-state index is 12.3. The number of esters is 2. The predicted molar refractivity (Wildman–Crippen MR) is 101 cm³/mol. The molecule has 2 N–H and O–H groups in total. The van der Waals surface area contributed by atoms with Crippen LogP contribution in [0.25, 0.3) is 11.2 Å². The van der Waals surface area contributed by atoms with E-state index in [4.69, 9.17) is 26.8 Å². The average Bonchev–Trinajstić information content (AvgIpc) is 3.04. The number of aromatic nitrogens is 4. The number of fused-ring (bicyclic) bond motifs is 1. The van der Waals surface area contributed by atoms with E-state index in [0.29, 0.717) is 16.7 Å². The van der Waals surface area contributed by atoms with Gasteiger partial charge in [0.15, 0.2) is 16.7 Å². The van der Waals surface area contributed by atoms with Crippen molar-refractivity contribution in [1.29, 1.82) is 0 Å². The Hall–Kier alpha value is -1.56. The Morgan fingerprint density at radius 3 is 2.46 bits per heavy atom. The van der Waals surface area contributed by atoms with Crippen LogP contribution in [0.4, 0.5) is 5.95 Å². The molecule has 0 unspecified atom stereocenters. The summed E-state index contributed by atoms with van der Waals surface area (Å²) in [6.45, 7) is 0.272. The van der Waals surface area contributed by atoms with Crippen molar-refractivity contribution in [2.75, 3.05) is 5.73 Å². The second-order valence-electron chi connectivity index (χ2n) is 5.94. The summed E-state index contributed by atoms with van der Waals surface area (Å²) < 4.78 is 12.2. The molecule has 4 rings (SSSR count). The van der Waals surface area contributed by atoms with E-state index in [9.17, 15) is 9.59 Å². The molecule has 1 saturated heterocycles. The molecular formula is C17H15ClKN5O4. The molecule has 2 aromatic heterocycles. The molecule has 0 amide bonds. The molecule has 3 aromatic rings. The number of imidazole rings is 1. The zero-order valence-electron chi connectivity index (χ0n) is 13.9. The molecule has 1 fully saturated rings. The quantitative estimate of drug-likeness (QED) is 0.285. The number of nitrogens with two attached hydrogens (primary N) is 1. The van der Waals surface area contributed by atoms with Gasteiger partial charge in [0.25, 0.3) is 6.29 Å². The Balaban J connectivity index is 0.00000225. The number of carbonyl (C=O) groups is 2. The van der Waals surface area contributed by atoms with Crippen molar-refractivity contribution in [3.63, 3.8) is 0 Å². The Morgan fingerprint density at radius 1 is 1.11 bits per heavy atom. The first-order chi connectivity index (χ1) is 13.0. The van der Waals surface area contributed by atoms with Gasteiger partial charge in [-0.3, -0.25) is 9.59 Å². The minimum atomic E-state index is -1.03. The zero-order valence-corrected chi connectivity index (χ0v) is 14.7. The van der Waals surface area contributed by atoms with Crippen LogP contribution < -0.4 is 5.73 Å².